The van der Waals surface area contributed by atoms with E-state index in [4.69, 9.17) is 23.9 Å². The third kappa shape index (κ3) is 7.05. The Morgan fingerprint density at radius 3 is 2.38 bits per heavy atom. The van der Waals surface area contributed by atoms with Crippen LogP contribution in [0.1, 0.15) is 35.2 Å². The second-order valence-electron chi connectivity index (χ2n) is 11.0. The molecule has 0 bridgehead atoms. The minimum atomic E-state index is -0.821. The molecule has 1 aliphatic rings. The fraction of sp³-hybridized carbons (Fsp3) is 0.162. The number of hydrogen-bond acceptors (Lipinski definition) is 10. The van der Waals surface area contributed by atoms with Crippen molar-refractivity contribution in [2.24, 2.45) is 4.99 Å². The average molecular weight is 804 g/mol. The van der Waals surface area contributed by atoms with Gasteiger partial charge >= 0.3 is 5.97 Å². The van der Waals surface area contributed by atoms with Crippen molar-refractivity contribution in [2.45, 2.75) is 19.6 Å². The summed E-state index contributed by atoms with van der Waals surface area (Å²) < 4.78 is 25.3. The molecular formula is C37H30IN3O8S. The molecule has 0 amide bonds. The zero-order chi connectivity index (χ0) is 35.4. The van der Waals surface area contributed by atoms with Crippen LogP contribution < -0.4 is 29.1 Å². The highest BCUT2D eigenvalue weighted by atomic mass is 127. The Bertz CT molecular complexity index is 2280. The molecule has 254 valence electrons. The van der Waals surface area contributed by atoms with Gasteiger partial charge in [-0.25, -0.2) is 9.79 Å². The summed E-state index contributed by atoms with van der Waals surface area (Å²) in [6.45, 7) is 2.05. The minimum absolute atomic E-state index is 0.000675. The van der Waals surface area contributed by atoms with E-state index >= 15 is 0 Å². The first-order valence-electron chi connectivity index (χ1n) is 15.4. The molecule has 1 atom stereocenters. The van der Waals surface area contributed by atoms with Crippen LogP contribution >= 0.6 is 33.9 Å². The van der Waals surface area contributed by atoms with Gasteiger partial charge in [0.15, 0.2) is 16.3 Å². The highest BCUT2D eigenvalue weighted by Gasteiger charge is 2.35. The van der Waals surface area contributed by atoms with Crippen LogP contribution in [0.3, 0.4) is 0 Å². The number of nitro groups is 1. The van der Waals surface area contributed by atoms with E-state index in [0.717, 1.165) is 14.7 Å². The number of non-ortho nitro benzene ring substituents is 1. The maximum atomic E-state index is 14.3. The first kappa shape index (κ1) is 34.6. The number of methoxy groups -OCH3 is 2. The molecule has 11 nitrogen and oxygen atoms in total. The van der Waals surface area contributed by atoms with Crippen LogP contribution in [0.15, 0.2) is 106 Å². The topological polar surface area (TPSA) is 131 Å². The quantitative estimate of drug-likeness (QED) is 0.0684. The second kappa shape index (κ2) is 15.1. The molecule has 0 saturated heterocycles. The Balaban J connectivity index is 1.45. The van der Waals surface area contributed by atoms with Crippen LogP contribution in [0.2, 0.25) is 0 Å². The van der Waals surface area contributed by atoms with E-state index in [1.54, 1.807) is 55.0 Å². The van der Waals surface area contributed by atoms with Crippen LogP contribution in [0.25, 0.3) is 11.8 Å². The number of thiazole rings is 1. The molecule has 0 fully saturated rings. The van der Waals surface area contributed by atoms with Gasteiger partial charge in [0.2, 0.25) is 0 Å². The summed E-state index contributed by atoms with van der Waals surface area (Å²) >= 11 is 3.36. The van der Waals surface area contributed by atoms with Crippen molar-refractivity contribution in [1.29, 1.82) is 0 Å². The number of rotatable bonds is 11. The number of aromatic nitrogens is 1. The summed E-state index contributed by atoms with van der Waals surface area (Å²) in [6, 6.07) is 25.6. The van der Waals surface area contributed by atoms with Crippen molar-refractivity contribution >= 4 is 57.4 Å². The van der Waals surface area contributed by atoms with E-state index < -0.39 is 16.9 Å². The van der Waals surface area contributed by atoms with Crippen molar-refractivity contribution in [1.82, 2.24) is 4.57 Å². The largest absolute Gasteiger partial charge is 0.497 e. The molecule has 13 heteroatoms. The number of fused-ring (bicyclic) bond motifs is 1. The van der Waals surface area contributed by atoms with E-state index in [2.05, 4.69) is 22.6 Å². The zero-order valence-corrected chi connectivity index (χ0v) is 30.1. The fourth-order valence-electron chi connectivity index (χ4n) is 5.53. The van der Waals surface area contributed by atoms with Gasteiger partial charge < -0.3 is 18.9 Å². The monoisotopic (exact) mass is 803 g/mol. The molecule has 0 N–H and O–H groups in total. The lowest BCUT2D eigenvalue weighted by Crippen LogP contribution is -2.40. The lowest BCUT2D eigenvalue weighted by Gasteiger charge is -2.26. The van der Waals surface area contributed by atoms with Gasteiger partial charge in [-0.2, -0.15) is 0 Å². The highest BCUT2D eigenvalue weighted by Crippen LogP contribution is 2.37. The molecule has 0 radical (unpaired) electrons. The van der Waals surface area contributed by atoms with Crippen LogP contribution in [0.5, 0.6) is 17.2 Å². The highest BCUT2D eigenvalue weighted by molar-refractivity contribution is 14.1. The molecule has 1 aliphatic heterocycles. The Morgan fingerprint density at radius 1 is 1.02 bits per heavy atom. The zero-order valence-electron chi connectivity index (χ0n) is 27.1. The normalized spacial score (nSPS) is 14.1. The average Bonchev–Trinajstić information content (AvgIpc) is 3.44. The number of esters is 1. The van der Waals surface area contributed by atoms with Crippen LogP contribution in [-0.2, 0) is 16.1 Å². The molecular weight excluding hydrogens is 773 g/mol. The number of benzene rings is 4. The lowest BCUT2D eigenvalue weighted by atomic mass is 9.93. The van der Waals surface area contributed by atoms with Crippen molar-refractivity contribution in [3.8, 4) is 17.2 Å². The molecule has 0 saturated carbocycles. The summed E-state index contributed by atoms with van der Waals surface area (Å²) in [4.78, 5) is 43.9. The number of hydrogen-bond donors (Lipinski definition) is 0. The maximum absolute atomic E-state index is 14.3. The van der Waals surface area contributed by atoms with Gasteiger partial charge in [0.25, 0.3) is 11.2 Å². The van der Waals surface area contributed by atoms with E-state index in [0.29, 0.717) is 43.4 Å². The standard InChI is InChI=1S/C37H30IN3O8S/c1-4-48-36(43)31-32(24-8-6-5-7-9-24)39-37-40(33(31)25-12-16-27(46-2)17-13-25)35(42)30(50-37)20-23-18-28(38)34(29(19-23)47-3)49-21-22-10-14-26(15-11-22)41(44)45/h5-20,33H,4,21H2,1-3H3/b30-20-/t33-/m1/s1. The van der Waals surface area contributed by atoms with Crippen molar-refractivity contribution < 1.29 is 28.7 Å². The van der Waals surface area contributed by atoms with E-state index in [9.17, 15) is 19.7 Å². The number of nitrogens with zero attached hydrogens (tertiary/aromatic N) is 3. The van der Waals surface area contributed by atoms with Crippen molar-refractivity contribution in [3.63, 3.8) is 0 Å². The smallest absolute Gasteiger partial charge is 0.338 e. The molecule has 6 rings (SSSR count). The molecule has 50 heavy (non-hydrogen) atoms. The number of nitro benzene ring substituents is 1. The SMILES string of the molecule is CCOC(=O)C1=C(c2ccccc2)N=c2s/c(=C\c3cc(I)c(OCc4ccc([N+](=O)[O-])cc4)c(OC)c3)c(=O)n2[C@@H]1c1ccc(OC)cc1. The molecule has 0 spiro atoms. The second-order valence-corrected chi connectivity index (χ2v) is 13.1. The van der Waals surface area contributed by atoms with E-state index in [1.807, 2.05) is 48.5 Å². The van der Waals surface area contributed by atoms with Gasteiger partial charge in [0.1, 0.15) is 12.4 Å². The molecule has 4 aromatic carbocycles. The Kier molecular flexibility index (Phi) is 10.4. The first-order chi connectivity index (χ1) is 24.2. The summed E-state index contributed by atoms with van der Waals surface area (Å²) in [7, 11) is 3.10. The Morgan fingerprint density at radius 2 is 1.74 bits per heavy atom. The van der Waals surface area contributed by atoms with Gasteiger partial charge in [0, 0.05) is 17.7 Å². The van der Waals surface area contributed by atoms with Gasteiger partial charge in [-0.1, -0.05) is 53.8 Å². The Hall–Kier alpha value is -5.28. The van der Waals surface area contributed by atoms with Crippen LogP contribution in [0.4, 0.5) is 5.69 Å². The number of ether oxygens (including phenoxy) is 4. The fourth-order valence-corrected chi connectivity index (χ4v) is 7.31. The maximum Gasteiger partial charge on any atom is 0.338 e. The van der Waals surface area contributed by atoms with Crippen LogP contribution in [-0.4, -0.2) is 36.3 Å². The minimum Gasteiger partial charge on any atom is -0.497 e. The Labute approximate surface area is 304 Å². The summed E-state index contributed by atoms with van der Waals surface area (Å²) in [6.07, 6.45) is 1.76. The number of carbonyl (C=O) groups excluding carboxylic acids is 1. The number of carbonyl (C=O) groups is 1. The van der Waals surface area contributed by atoms with Gasteiger partial charge in [-0.05, 0) is 88.7 Å². The van der Waals surface area contributed by atoms with E-state index in [1.165, 1.54) is 30.6 Å². The van der Waals surface area contributed by atoms with Crippen molar-refractivity contribution in [3.05, 3.63) is 152 Å². The summed E-state index contributed by atoms with van der Waals surface area (Å²) in [5.41, 5.74) is 3.22. The summed E-state index contributed by atoms with van der Waals surface area (Å²) in [5, 5.41) is 11.0. The molecule has 0 aliphatic carbocycles. The van der Waals surface area contributed by atoms with Gasteiger partial charge in [-0.15, -0.1) is 0 Å². The van der Waals surface area contributed by atoms with Gasteiger partial charge in [0.05, 0.1) is 51.2 Å². The molecule has 5 aromatic rings. The molecule has 0 unspecified atom stereocenters. The van der Waals surface area contributed by atoms with E-state index in [-0.39, 0.29) is 30.0 Å². The first-order valence-corrected chi connectivity index (χ1v) is 17.3. The van der Waals surface area contributed by atoms with Crippen LogP contribution in [0, 0.1) is 13.7 Å². The molecule has 1 aromatic heterocycles. The van der Waals surface area contributed by atoms with Gasteiger partial charge in [-0.3, -0.25) is 19.5 Å². The third-order valence-corrected chi connectivity index (χ3v) is 9.67. The number of halogens is 1. The summed E-state index contributed by atoms with van der Waals surface area (Å²) in [5.74, 6) is 1.02. The van der Waals surface area contributed by atoms with Crippen molar-refractivity contribution in [2.75, 3.05) is 20.8 Å². The predicted octanol–water partition coefficient (Wildman–Crippen LogP) is 6.04. The molecule has 2 heterocycles. The lowest BCUT2D eigenvalue weighted by molar-refractivity contribution is -0.384. The predicted molar refractivity (Wildman–Crippen MR) is 197 cm³/mol. The third-order valence-electron chi connectivity index (χ3n) is 7.89.